The number of thiophene rings is 1. The van der Waals surface area contributed by atoms with E-state index in [2.05, 4.69) is 26.6 Å². The topological polar surface area (TPSA) is 240 Å². The van der Waals surface area contributed by atoms with E-state index in [0.717, 1.165) is 11.1 Å². The van der Waals surface area contributed by atoms with Gasteiger partial charge in [0.2, 0.25) is 17.7 Å². The van der Waals surface area contributed by atoms with Crippen molar-refractivity contribution in [2.45, 2.75) is 74.9 Å². The molecular formula is C54H53N5O10S. The first-order valence-electron chi connectivity index (χ1n) is 22.8. The summed E-state index contributed by atoms with van der Waals surface area (Å²) in [7, 11) is 0. The maximum absolute atomic E-state index is 14.8. The number of hydrogen-bond acceptors (Lipinski definition) is 10. The fraction of sp³-hybridized carbons (Fsp3) is 0.241. The highest BCUT2D eigenvalue weighted by atomic mass is 32.1. The second-order valence-corrected chi connectivity index (χ2v) is 18.2. The van der Waals surface area contributed by atoms with Gasteiger partial charge in [0.15, 0.2) is 18.0 Å². The number of hydrogen-bond donors (Lipinski definition) is 8. The quantitative estimate of drug-likeness (QED) is 0.0814. The summed E-state index contributed by atoms with van der Waals surface area (Å²) in [5, 5.41) is 47.0. The molecule has 5 aromatic carbocycles. The van der Waals surface area contributed by atoms with E-state index in [4.69, 9.17) is 0 Å². The molecule has 70 heavy (non-hydrogen) atoms. The van der Waals surface area contributed by atoms with Crippen LogP contribution in [-0.2, 0) is 65.7 Å². The molecule has 1 aromatic heterocycles. The molecule has 0 saturated carbocycles. The van der Waals surface area contributed by atoms with Gasteiger partial charge in [-0.3, -0.25) is 28.8 Å². The van der Waals surface area contributed by atoms with Crippen molar-refractivity contribution in [2.24, 2.45) is 5.92 Å². The van der Waals surface area contributed by atoms with Gasteiger partial charge in [-0.25, -0.2) is 4.79 Å². The number of aliphatic hydroxyl groups excluding tert-OH is 2. The summed E-state index contributed by atoms with van der Waals surface area (Å²) in [6, 6.07) is 38.7. The van der Waals surface area contributed by atoms with Crippen molar-refractivity contribution in [1.29, 1.82) is 0 Å². The van der Waals surface area contributed by atoms with Crippen LogP contribution in [0, 0.1) is 5.92 Å². The van der Waals surface area contributed by atoms with Crippen molar-refractivity contribution >= 4 is 58.3 Å². The Morgan fingerprint density at radius 3 is 1.70 bits per heavy atom. The van der Waals surface area contributed by atoms with Crippen molar-refractivity contribution in [3.05, 3.63) is 184 Å². The van der Waals surface area contributed by atoms with E-state index in [1.54, 1.807) is 102 Å². The third kappa shape index (κ3) is 13.9. The maximum atomic E-state index is 14.8. The second kappa shape index (κ2) is 24.0. The Hall–Kier alpha value is -7.79. The highest BCUT2D eigenvalue weighted by Gasteiger charge is 2.36. The number of aliphatic hydroxyl groups is 2. The van der Waals surface area contributed by atoms with Crippen LogP contribution in [0.3, 0.4) is 0 Å². The first-order chi connectivity index (χ1) is 33.8. The van der Waals surface area contributed by atoms with E-state index in [1.807, 2.05) is 42.5 Å². The summed E-state index contributed by atoms with van der Waals surface area (Å²) in [6.45, 7) is 0. The molecule has 6 aromatic rings. The van der Waals surface area contributed by atoms with Crippen LogP contribution in [0.15, 0.2) is 157 Å². The summed E-state index contributed by atoms with van der Waals surface area (Å²) in [4.78, 5) is 98.3. The molecule has 0 spiro atoms. The summed E-state index contributed by atoms with van der Waals surface area (Å²) in [5.74, 6) is -7.71. The molecule has 5 amide bonds. The average molecular weight is 964 g/mol. The van der Waals surface area contributed by atoms with Crippen molar-refractivity contribution in [2.75, 3.05) is 5.32 Å². The first kappa shape index (κ1) is 50.1. The predicted molar refractivity (Wildman–Crippen MR) is 263 cm³/mol. The van der Waals surface area contributed by atoms with Gasteiger partial charge in [-0.2, -0.15) is 0 Å². The number of carbonyl (C=O) groups is 7. The van der Waals surface area contributed by atoms with E-state index in [-0.39, 0.29) is 37.8 Å². The second-order valence-electron chi connectivity index (χ2n) is 17.2. The molecule has 360 valence electrons. The average Bonchev–Trinajstić information content (AvgIpc) is 3.89. The zero-order chi connectivity index (χ0) is 49.6. The standard InChI is InChI=1S/C54H53N5O10S/c60-46-31-39(49(63)59-45(54(68)69)30-34-13-6-2-7-14-34)27-35-20-24-40(25-21-35)55-52(66)47(61)48(62)53(67)58-44(32-41-17-10-26-70-41)51(65)57-43(50(64)56-42(46)28-33-11-4-1-5-12-33)29-36-18-22-38(23-19-36)37-15-8-3-9-16-37/h1-26,39,42-45,47-48,61-62H,27-32H2,(H,55,66)(H,56,64)(H,57,65)(H,58,67)(H,59,63)(H,68,69)/t39-,42-,43+,44-,45-,47+,48+/m0/s1. The lowest BCUT2D eigenvalue weighted by Gasteiger charge is -2.27. The fourth-order valence-electron chi connectivity index (χ4n) is 8.14. The monoisotopic (exact) mass is 963 g/mol. The van der Waals surface area contributed by atoms with Gasteiger partial charge >= 0.3 is 5.97 Å². The Morgan fingerprint density at radius 2 is 1.09 bits per heavy atom. The van der Waals surface area contributed by atoms with Gasteiger partial charge < -0.3 is 41.9 Å². The SMILES string of the molecule is O=C(N[C@@H](Cc1ccccc1)C(=O)O)[C@@H]1CC(=O)[C@H](Cc2ccccc2)NC(=O)[C@@H](Cc2ccc(-c3ccccc3)cc2)NC(=O)[C@H](Cc2cccs2)NC(=O)[C@H](O)[C@@H](O)C(=O)Nc2ccc(cc2)C1. The first-order valence-corrected chi connectivity index (χ1v) is 23.6. The van der Waals surface area contributed by atoms with E-state index in [9.17, 15) is 48.9 Å². The number of nitrogens with one attached hydrogen (secondary N) is 5. The zero-order valence-electron chi connectivity index (χ0n) is 37.9. The van der Waals surface area contributed by atoms with Gasteiger partial charge in [0.25, 0.3) is 11.8 Å². The Morgan fingerprint density at radius 1 is 0.557 bits per heavy atom. The number of benzene rings is 5. The van der Waals surface area contributed by atoms with Crippen LogP contribution in [-0.4, -0.2) is 93.0 Å². The number of fused-ring (bicyclic) bond motifs is 18. The lowest BCUT2D eigenvalue weighted by molar-refractivity contribution is -0.144. The summed E-state index contributed by atoms with van der Waals surface area (Å²) in [5.41, 5.74) is 4.48. The molecule has 2 aliphatic heterocycles. The number of amides is 5. The van der Waals surface area contributed by atoms with Crippen molar-refractivity contribution < 1.29 is 48.9 Å². The minimum Gasteiger partial charge on any atom is -0.480 e. The maximum Gasteiger partial charge on any atom is 0.326 e. The molecule has 0 radical (unpaired) electrons. The van der Waals surface area contributed by atoms with Gasteiger partial charge in [-0.1, -0.05) is 133 Å². The molecule has 15 nitrogen and oxygen atoms in total. The van der Waals surface area contributed by atoms with Gasteiger partial charge in [0, 0.05) is 42.2 Å². The van der Waals surface area contributed by atoms with Crippen LogP contribution in [0.4, 0.5) is 5.69 Å². The fourth-order valence-corrected chi connectivity index (χ4v) is 8.89. The molecule has 8 N–H and O–H groups in total. The third-order valence-electron chi connectivity index (χ3n) is 12.0. The molecule has 16 heteroatoms. The minimum absolute atomic E-state index is 0.0103. The number of Topliss-reactive ketones (excluding diaryl/α,β-unsaturated/α-hetero) is 1. The van der Waals surface area contributed by atoms with Crippen molar-refractivity contribution in [3.8, 4) is 11.1 Å². The number of anilines is 1. The molecule has 3 heterocycles. The predicted octanol–water partition coefficient (Wildman–Crippen LogP) is 4.20. The molecule has 0 unspecified atom stereocenters. The third-order valence-corrected chi connectivity index (χ3v) is 12.9. The van der Waals surface area contributed by atoms with Crippen LogP contribution in [0.1, 0.15) is 33.6 Å². The number of carbonyl (C=O) groups excluding carboxylic acids is 6. The smallest absolute Gasteiger partial charge is 0.326 e. The molecule has 0 saturated heterocycles. The van der Waals surface area contributed by atoms with Crippen molar-refractivity contribution in [3.63, 3.8) is 0 Å². The molecular weight excluding hydrogens is 911 g/mol. The van der Waals surface area contributed by atoms with Crippen LogP contribution >= 0.6 is 11.3 Å². The van der Waals surface area contributed by atoms with E-state index in [1.165, 1.54) is 23.5 Å². The molecule has 2 aliphatic rings. The zero-order valence-corrected chi connectivity index (χ0v) is 38.7. The lowest BCUT2D eigenvalue weighted by atomic mass is 9.89. The van der Waals surface area contributed by atoms with E-state index in [0.29, 0.717) is 27.1 Å². The number of ketones is 1. The Labute approximate surface area is 408 Å². The van der Waals surface area contributed by atoms with E-state index < -0.39 is 90.0 Å². The highest BCUT2D eigenvalue weighted by molar-refractivity contribution is 7.09. The van der Waals surface area contributed by atoms with Crippen LogP contribution < -0.4 is 26.6 Å². The summed E-state index contributed by atoms with van der Waals surface area (Å²) < 4.78 is 0. The van der Waals surface area contributed by atoms with Crippen LogP contribution in [0.5, 0.6) is 0 Å². The number of aliphatic carboxylic acids is 1. The van der Waals surface area contributed by atoms with E-state index >= 15 is 0 Å². The summed E-state index contributed by atoms with van der Waals surface area (Å²) >= 11 is 1.29. The molecule has 7 atom stereocenters. The molecule has 2 bridgehead atoms. The van der Waals surface area contributed by atoms with Gasteiger partial charge in [0.05, 0.1) is 6.04 Å². The van der Waals surface area contributed by atoms with Crippen LogP contribution in [0.25, 0.3) is 11.1 Å². The van der Waals surface area contributed by atoms with Gasteiger partial charge in [-0.15, -0.1) is 11.3 Å². The largest absolute Gasteiger partial charge is 0.480 e. The Bertz CT molecular complexity index is 2740. The highest BCUT2D eigenvalue weighted by Crippen LogP contribution is 2.22. The lowest BCUT2D eigenvalue weighted by Crippen LogP contribution is -2.59. The normalized spacial score (nSPS) is 21.0. The molecule has 0 aliphatic carbocycles. The van der Waals surface area contributed by atoms with Gasteiger partial charge in [0.1, 0.15) is 18.1 Å². The number of rotatable bonds is 12. The minimum atomic E-state index is -2.32. The molecule has 8 rings (SSSR count). The number of carboxylic acids is 1. The summed E-state index contributed by atoms with van der Waals surface area (Å²) in [6.07, 6.45) is -5.37. The molecule has 0 fully saturated rings. The Kier molecular flexibility index (Phi) is 17.2. The van der Waals surface area contributed by atoms with Crippen LogP contribution in [0.2, 0.25) is 0 Å². The Balaban J connectivity index is 1.26. The number of carboxylic acid groups (broad SMARTS) is 1. The van der Waals surface area contributed by atoms with Crippen molar-refractivity contribution in [1.82, 2.24) is 21.3 Å². The van der Waals surface area contributed by atoms with Gasteiger partial charge in [-0.05, 0) is 69.8 Å².